The van der Waals surface area contributed by atoms with Gasteiger partial charge in [0.25, 0.3) is 0 Å². The van der Waals surface area contributed by atoms with Crippen LogP contribution in [-0.4, -0.2) is 32.6 Å². The molecule has 0 radical (unpaired) electrons. The van der Waals surface area contributed by atoms with Gasteiger partial charge in [-0.3, -0.25) is 4.79 Å². The summed E-state index contributed by atoms with van der Waals surface area (Å²) in [5.74, 6) is -4.41. The van der Waals surface area contributed by atoms with Crippen LogP contribution in [0.2, 0.25) is 0 Å². The van der Waals surface area contributed by atoms with Crippen LogP contribution in [0.3, 0.4) is 0 Å². The molecule has 0 aliphatic rings. The normalized spacial score (nSPS) is 11.1. The van der Waals surface area contributed by atoms with E-state index in [0.29, 0.717) is 23.3 Å². The number of hydrogen-bond acceptors (Lipinski definition) is 4. The van der Waals surface area contributed by atoms with Crippen LogP contribution in [-0.2, 0) is 4.79 Å². The predicted molar refractivity (Wildman–Crippen MR) is 94.6 cm³/mol. The number of halogens is 3. The Morgan fingerprint density at radius 3 is 2.41 bits per heavy atom. The summed E-state index contributed by atoms with van der Waals surface area (Å²) < 4.78 is 49.8. The van der Waals surface area contributed by atoms with E-state index in [4.69, 9.17) is 15.2 Å². The maximum Gasteiger partial charge on any atom is 0.246 e. The Morgan fingerprint density at radius 1 is 1.04 bits per heavy atom. The fraction of sp³-hybridized carbons (Fsp3) is 0.176. The molecule has 0 aromatic heterocycles. The number of benzene rings is 2. The number of guanidine groups is 1. The van der Waals surface area contributed by atoms with E-state index >= 15 is 0 Å². The number of anilines is 2. The molecule has 0 unspecified atom stereocenters. The standard InChI is InChI=1S/C17H17F3N4O3/c1-26-12-6-3-9(7-13(12)27-2)23-17(21)22-8-14(25)24-11-5-4-10(18)15(19)16(11)20/h3-7H,8H2,1-2H3,(H,24,25)(H3,21,22,23). The van der Waals surface area contributed by atoms with Gasteiger partial charge in [0, 0.05) is 11.8 Å². The van der Waals surface area contributed by atoms with Gasteiger partial charge in [-0.15, -0.1) is 0 Å². The lowest BCUT2D eigenvalue weighted by atomic mass is 10.2. The maximum absolute atomic E-state index is 13.5. The highest BCUT2D eigenvalue weighted by Crippen LogP contribution is 2.29. The molecule has 0 saturated carbocycles. The van der Waals surface area contributed by atoms with Crippen LogP contribution in [0.15, 0.2) is 35.3 Å². The van der Waals surface area contributed by atoms with Gasteiger partial charge in [-0.25, -0.2) is 18.2 Å². The van der Waals surface area contributed by atoms with Crippen molar-refractivity contribution in [3.8, 4) is 11.5 Å². The highest BCUT2D eigenvalue weighted by molar-refractivity contribution is 5.97. The minimum Gasteiger partial charge on any atom is -0.493 e. The second-order valence-corrected chi connectivity index (χ2v) is 5.17. The number of nitrogens with one attached hydrogen (secondary N) is 2. The zero-order valence-electron chi connectivity index (χ0n) is 14.5. The summed E-state index contributed by atoms with van der Waals surface area (Å²) in [6.45, 7) is -0.468. The van der Waals surface area contributed by atoms with Gasteiger partial charge in [0.2, 0.25) is 5.91 Å². The van der Waals surface area contributed by atoms with Gasteiger partial charge in [-0.1, -0.05) is 0 Å². The smallest absolute Gasteiger partial charge is 0.246 e. The summed E-state index contributed by atoms with van der Waals surface area (Å²) in [5, 5.41) is 4.83. The van der Waals surface area contributed by atoms with Crippen molar-refractivity contribution in [1.29, 1.82) is 0 Å². The van der Waals surface area contributed by atoms with Crippen LogP contribution in [0.25, 0.3) is 0 Å². The van der Waals surface area contributed by atoms with Gasteiger partial charge in [-0.2, -0.15) is 0 Å². The van der Waals surface area contributed by atoms with E-state index in [1.165, 1.54) is 14.2 Å². The van der Waals surface area contributed by atoms with Crippen LogP contribution < -0.4 is 25.8 Å². The molecule has 0 bridgehead atoms. The molecule has 7 nitrogen and oxygen atoms in total. The third kappa shape index (κ3) is 5.03. The minimum atomic E-state index is -1.68. The van der Waals surface area contributed by atoms with Crippen molar-refractivity contribution in [2.24, 2.45) is 10.7 Å². The molecule has 0 heterocycles. The van der Waals surface area contributed by atoms with Crippen LogP contribution in [0.4, 0.5) is 24.5 Å². The number of amides is 1. The SMILES string of the molecule is COc1ccc(NC(N)=NCC(=O)Nc2ccc(F)c(F)c2F)cc1OC. The molecule has 0 aliphatic carbocycles. The Labute approximate surface area is 153 Å². The lowest BCUT2D eigenvalue weighted by Gasteiger charge is -2.11. The molecular formula is C17H17F3N4O3. The number of aliphatic imine (C=N–C) groups is 1. The van der Waals surface area contributed by atoms with Gasteiger partial charge in [-0.05, 0) is 24.3 Å². The molecule has 4 N–H and O–H groups in total. The summed E-state index contributed by atoms with van der Waals surface area (Å²) in [4.78, 5) is 15.6. The molecule has 0 atom stereocenters. The van der Waals surface area contributed by atoms with Crippen LogP contribution in [0.1, 0.15) is 0 Å². The van der Waals surface area contributed by atoms with E-state index in [1.807, 2.05) is 0 Å². The molecule has 0 fully saturated rings. The average molecular weight is 382 g/mol. The first-order valence-electron chi connectivity index (χ1n) is 7.58. The monoisotopic (exact) mass is 382 g/mol. The Hall–Kier alpha value is -3.43. The number of ether oxygens (including phenoxy) is 2. The Morgan fingerprint density at radius 2 is 1.74 bits per heavy atom. The first-order valence-corrected chi connectivity index (χ1v) is 7.58. The van der Waals surface area contributed by atoms with Crippen molar-refractivity contribution in [2.75, 3.05) is 31.4 Å². The zero-order chi connectivity index (χ0) is 20.0. The van der Waals surface area contributed by atoms with Gasteiger partial charge in [0.1, 0.15) is 6.54 Å². The number of hydrogen-bond donors (Lipinski definition) is 3. The van der Waals surface area contributed by atoms with Gasteiger partial charge >= 0.3 is 0 Å². The second-order valence-electron chi connectivity index (χ2n) is 5.17. The van der Waals surface area contributed by atoms with E-state index in [-0.39, 0.29) is 5.96 Å². The maximum atomic E-state index is 13.5. The average Bonchev–Trinajstić information content (AvgIpc) is 2.66. The predicted octanol–water partition coefficient (Wildman–Crippen LogP) is 2.49. The largest absolute Gasteiger partial charge is 0.493 e. The Bertz CT molecular complexity index is 875. The molecule has 0 spiro atoms. The molecule has 27 heavy (non-hydrogen) atoms. The zero-order valence-corrected chi connectivity index (χ0v) is 14.5. The molecule has 2 aromatic carbocycles. The van der Waals surface area contributed by atoms with E-state index in [0.717, 1.165) is 6.07 Å². The fourth-order valence-electron chi connectivity index (χ4n) is 2.07. The van der Waals surface area contributed by atoms with Gasteiger partial charge in [0.05, 0.1) is 19.9 Å². The van der Waals surface area contributed by atoms with Crippen LogP contribution >= 0.6 is 0 Å². The molecule has 144 valence electrons. The summed E-state index contributed by atoms with van der Waals surface area (Å²) >= 11 is 0. The van der Waals surface area contributed by atoms with Crippen LogP contribution in [0, 0.1) is 17.5 Å². The quantitative estimate of drug-likeness (QED) is 0.405. The summed E-state index contributed by atoms with van der Waals surface area (Å²) in [6, 6.07) is 6.51. The van der Waals surface area contributed by atoms with Crippen molar-refractivity contribution in [1.82, 2.24) is 0 Å². The number of nitrogens with two attached hydrogens (primary N) is 1. The van der Waals surface area contributed by atoms with Crippen molar-refractivity contribution >= 4 is 23.2 Å². The van der Waals surface area contributed by atoms with E-state index < -0.39 is 35.6 Å². The number of rotatable bonds is 6. The molecule has 10 heteroatoms. The van der Waals surface area contributed by atoms with Crippen LogP contribution in [0.5, 0.6) is 11.5 Å². The van der Waals surface area contributed by atoms with Gasteiger partial charge < -0.3 is 25.8 Å². The summed E-state index contributed by atoms with van der Waals surface area (Å²) in [7, 11) is 2.97. The highest BCUT2D eigenvalue weighted by Gasteiger charge is 2.15. The first-order chi connectivity index (χ1) is 12.8. The minimum absolute atomic E-state index is 0.0943. The highest BCUT2D eigenvalue weighted by atomic mass is 19.2. The molecule has 0 saturated heterocycles. The number of nitrogens with zero attached hydrogens (tertiary/aromatic N) is 1. The topological polar surface area (TPSA) is 98.0 Å². The summed E-state index contributed by atoms with van der Waals surface area (Å²) in [6.07, 6.45) is 0. The van der Waals surface area contributed by atoms with E-state index in [2.05, 4.69) is 15.6 Å². The number of carbonyl (C=O) groups excluding carboxylic acids is 1. The van der Waals surface area contributed by atoms with Crippen molar-refractivity contribution in [3.05, 3.63) is 47.8 Å². The molecule has 1 amide bonds. The molecule has 0 aliphatic heterocycles. The number of carbonyl (C=O) groups is 1. The lowest BCUT2D eigenvalue weighted by molar-refractivity contribution is -0.114. The lowest BCUT2D eigenvalue weighted by Crippen LogP contribution is -2.25. The Balaban J connectivity index is 1.99. The van der Waals surface area contributed by atoms with Crippen molar-refractivity contribution in [2.45, 2.75) is 0 Å². The molecule has 2 rings (SSSR count). The third-order valence-electron chi connectivity index (χ3n) is 3.36. The van der Waals surface area contributed by atoms with Crippen molar-refractivity contribution in [3.63, 3.8) is 0 Å². The fourth-order valence-corrected chi connectivity index (χ4v) is 2.07. The molecule has 2 aromatic rings. The third-order valence-corrected chi connectivity index (χ3v) is 3.36. The van der Waals surface area contributed by atoms with Gasteiger partial charge in [0.15, 0.2) is 34.9 Å². The van der Waals surface area contributed by atoms with E-state index in [9.17, 15) is 18.0 Å². The Kier molecular flexibility index (Phi) is 6.47. The first kappa shape index (κ1) is 19.9. The van der Waals surface area contributed by atoms with E-state index in [1.54, 1.807) is 18.2 Å². The summed E-state index contributed by atoms with van der Waals surface area (Å²) in [5.41, 5.74) is 5.72. The van der Waals surface area contributed by atoms with Crippen molar-refractivity contribution < 1.29 is 27.4 Å². The molecular weight excluding hydrogens is 365 g/mol. The number of methoxy groups -OCH3 is 2. The second kappa shape index (κ2) is 8.79.